The zero-order chi connectivity index (χ0) is 25.6. The van der Waals surface area contributed by atoms with E-state index in [1.807, 2.05) is 0 Å². The van der Waals surface area contributed by atoms with Crippen LogP contribution in [-0.2, 0) is 27.5 Å². The largest absolute Gasteiger partial charge is 0.496 e. The molecule has 12 heteroatoms. The number of carbonyl (C=O) groups excluding carboxylic acids is 1. The van der Waals surface area contributed by atoms with Gasteiger partial charge < -0.3 is 8.92 Å². The maximum Gasteiger partial charge on any atom is 0.416 e. The van der Waals surface area contributed by atoms with E-state index in [2.05, 4.69) is 10.5 Å². The third kappa shape index (κ3) is 6.96. The molecule has 0 saturated heterocycles. The Labute approximate surface area is 204 Å². The predicted molar refractivity (Wildman–Crippen MR) is 123 cm³/mol. The number of hydrogen-bond acceptors (Lipinski definition) is 6. The number of carbonyl (C=O) groups is 1. The molecule has 0 spiro atoms. The van der Waals surface area contributed by atoms with Crippen molar-refractivity contribution in [1.29, 1.82) is 0 Å². The molecule has 7 nitrogen and oxygen atoms in total. The fraction of sp³-hybridized carbons (Fsp3) is 0.130. The van der Waals surface area contributed by atoms with E-state index < -0.39 is 32.7 Å². The van der Waals surface area contributed by atoms with Crippen LogP contribution in [-0.4, -0.2) is 27.6 Å². The molecule has 0 atom stereocenters. The minimum atomic E-state index is -4.61. The van der Waals surface area contributed by atoms with Gasteiger partial charge in [-0.3, -0.25) is 4.79 Å². The van der Waals surface area contributed by atoms with Crippen molar-refractivity contribution in [2.75, 3.05) is 7.11 Å². The van der Waals surface area contributed by atoms with Crippen LogP contribution in [0.2, 0.25) is 5.02 Å². The molecule has 0 heterocycles. The lowest BCUT2D eigenvalue weighted by molar-refractivity contribution is -0.137. The van der Waals surface area contributed by atoms with Crippen molar-refractivity contribution in [3.63, 3.8) is 0 Å². The van der Waals surface area contributed by atoms with Crippen LogP contribution < -0.4 is 14.3 Å². The highest BCUT2D eigenvalue weighted by atomic mass is 35.5. The van der Waals surface area contributed by atoms with Gasteiger partial charge in [-0.05, 0) is 54.1 Å². The normalized spacial score (nSPS) is 11.9. The number of methoxy groups -OCH3 is 1. The average molecular weight is 527 g/mol. The zero-order valence-corrected chi connectivity index (χ0v) is 19.6. The quantitative estimate of drug-likeness (QED) is 0.258. The smallest absolute Gasteiger partial charge is 0.416 e. The first-order valence-corrected chi connectivity index (χ1v) is 11.6. The molecule has 0 radical (unpaired) electrons. The van der Waals surface area contributed by atoms with Gasteiger partial charge in [-0.15, -0.1) is 0 Å². The van der Waals surface area contributed by atoms with Gasteiger partial charge in [-0.2, -0.15) is 26.7 Å². The van der Waals surface area contributed by atoms with E-state index in [1.54, 1.807) is 24.3 Å². The van der Waals surface area contributed by atoms with Gasteiger partial charge in [0.1, 0.15) is 10.6 Å². The second-order valence-electron chi connectivity index (χ2n) is 7.03. The zero-order valence-electron chi connectivity index (χ0n) is 18.0. The first kappa shape index (κ1) is 26.0. The molecule has 35 heavy (non-hydrogen) atoms. The molecular weight excluding hydrogens is 509 g/mol. The number of hydrogen-bond donors (Lipinski definition) is 1. The number of nitrogens with zero attached hydrogens (tertiary/aromatic N) is 1. The van der Waals surface area contributed by atoms with Gasteiger partial charge in [0.25, 0.3) is 0 Å². The number of rotatable bonds is 8. The fourth-order valence-electron chi connectivity index (χ4n) is 2.92. The van der Waals surface area contributed by atoms with Gasteiger partial charge >= 0.3 is 16.3 Å². The highest BCUT2D eigenvalue weighted by Gasteiger charge is 2.31. The van der Waals surface area contributed by atoms with Crippen LogP contribution >= 0.6 is 11.6 Å². The summed E-state index contributed by atoms with van der Waals surface area (Å²) in [6.45, 7) is 0. The SMILES string of the molecule is COc1cccc(OS(=O)(=O)c2ccc(C(F)(F)F)cc2)c1C=NNC(=O)Cc1cccc(Cl)c1. The van der Waals surface area contributed by atoms with E-state index in [0.29, 0.717) is 22.7 Å². The van der Waals surface area contributed by atoms with Crippen molar-refractivity contribution in [2.24, 2.45) is 5.10 Å². The Morgan fingerprint density at radius 2 is 1.71 bits per heavy atom. The third-order valence-electron chi connectivity index (χ3n) is 4.55. The standard InChI is InChI=1S/C23H18ClF3N2O5S/c1-33-20-6-3-7-21(34-35(31,32)18-10-8-16(9-11-18)23(25,26)27)19(20)14-28-29-22(30)13-15-4-2-5-17(24)12-15/h2-12,14H,13H2,1H3,(H,29,30). The summed E-state index contributed by atoms with van der Waals surface area (Å²) in [5.41, 5.74) is 2.05. The van der Waals surface area contributed by atoms with E-state index in [1.165, 1.54) is 25.3 Å². The number of halogens is 4. The van der Waals surface area contributed by atoms with Gasteiger partial charge in [0.05, 0.1) is 30.9 Å². The van der Waals surface area contributed by atoms with Gasteiger partial charge in [0.2, 0.25) is 5.91 Å². The third-order valence-corrected chi connectivity index (χ3v) is 6.04. The van der Waals surface area contributed by atoms with E-state index in [4.69, 9.17) is 20.5 Å². The van der Waals surface area contributed by atoms with Crippen LogP contribution in [0.15, 0.2) is 76.7 Å². The summed E-state index contributed by atoms with van der Waals surface area (Å²) in [5, 5.41) is 4.31. The Kier molecular flexibility index (Phi) is 8.03. The van der Waals surface area contributed by atoms with Crippen LogP contribution in [0.1, 0.15) is 16.7 Å². The summed E-state index contributed by atoms with van der Waals surface area (Å²) in [6, 6.07) is 13.8. The Morgan fingerprint density at radius 3 is 2.34 bits per heavy atom. The van der Waals surface area contributed by atoms with Gasteiger partial charge in [0.15, 0.2) is 5.75 Å². The second kappa shape index (κ2) is 10.8. The molecule has 184 valence electrons. The van der Waals surface area contributed by atoms with Crippen molar-refractivity contribution in [2.45, 2.75) is 17.5 Å². The summed E-state index contributed by atoms with van der Waals surface area (Å²) in [4.78, 5) is 11.7. The Bertz CT molecular complexity index is 1340. The van der Waals surface area contributed by atoms with Crippen LogP contribution in [0.5, 0.6) is 11.5 Å². The van der Waals surface area contributed by atoms with Crippen LogP contribution in [0.3, 0.4) is 0 Å². The number of ether oxygens (including phenoxy) is 1. The van der Waals surface area contributed by atoms with Crippen LogP contribution in [0.4, 0.5) is 13.2 Å². The molecule has 0 saturated carbocycles. The maximum atomic E-state index is 12.8. The van der Waals surface area contributed by atoms with Crippen molar-refractivity contribution < 1.29 is 35.3 Å². The molecule has 0 aliphatic rings. The Balaban J connectivity index is 1.79. The monoisotopic (exact) mass is 526 g/mol. The van der Waals surface area contributed by atoms with E-state index in [-0.39, 0.29) is 23.5 Å². The summed E-state index contributed by atoms with van der Waals surface area (Å²) in [6.07, 6.45) is -3.49. The first-order valence-electron chi connectivity index (χ1n) is 9.85. The summed E-state index contributed by atoms with van der Waals surface area (Å²) in [7, 11) is -3.16. The molecule has 3 aromatic carbocycles. The highest BCUT2D eigenvalue weighted by Crippen LogP contribution is 2.32. The number of benzene rings is 3. The summed E-state index contributed by atoms with van der Waals surface area (Å²) >= 11 is 5.90. The molecule has 3 rings (SSSR count). The molecule has 0 bridgehead atoms. The Morgan fingerprint density at radius 1 is 1.06 bits per heavy atom. The molecule has 3 aromatic rings. The van der Waals surface area contributed by atoms with E-state index in [9.17, 15) is 26.4 Å². The molecular formula is C23H18ClF3N2O5S. The first-order chi connectivity index (χ1) is 16.5. The Hall–Kier alpha value is -3.57. The molecule has 1 amide bonds. The number of amides is 1. The summed E-state index contributed by atoms with van der Waals surface area (Å²) in [5.74, 6) is -0.492. The van der Waals surface area contributed by atoms with Crippen molar-refractivity contribution in [3.05, 3.63) is 88.4 Å². The fourth-order valence-corrected chi connectivity index (χ4v) is 4.08. The maximum absolute atomic E-state index is 12.8. The van der Waals surface area contributed by atoms with Gasteiger partial charge in [-0.25, -0.2) is 5.43 Å². The molecule has 0 aliphatic carbocycles. The molecule has 0 unspecified atom stereocenters. The van der Waals surface area contributed by atoms with Crippen molar-refractivity contribution in [1.82, 2.24) is 5.43 Å². The lowest BCUT2D eigenvalue weighted by Crippen LogP contribution is -2.20. The number of nitrogens with one attached hydrogen (secondary N) is 1. The molecule has 0 fully saturated rings. The van der Waals surface area contributed by atoms with E-state index in [0.717, 1.165) is 18.3 Å². The highest BCUT2D eigenvalue weighted by molar-refractivity contribution is 7.87. The lowest BCUT2D eigenvalue weighted by Gasteiger charge is -2.13. The van der Waals surface area contributed by atoms with E-state index >= 15 is 0 Å². The van der Waals surface area contributed by atoms with Gasteiger partial charge in [0, 0.05) is 5.02 Å². The molecule has 0 aliphatic heterocycles. The number of alkyl halides is 3. The molecule has 0 aromatic heterocycles. The van der Waals surface area contributed by atoms with Crippen molar-refractivity contribution >= 4 is 33.8 Å². The van der Waals surface area contributed by atoms with Crippen LogP contribution in [0, 0.1) is 0 Å². The molecule has 1 N–H and O–H groups in total. The minimum absolute atomic E-state index is 0.00448. The lowest BCUT2D eigenvalue weighted by atomic mass is 10.1. The average Bonchev–Trinajstić information content (AvgIpc) is 2.79. The predicted octanol–water partition coefficient (Wildman–Crippen LogP) is 4.83. The summed E-state index contributed by atoms with van der Waals surface area (Å²) < 4.78 is 74.0. The second-order valence-corrected chi connectivity index (χ2v) is 9.01. The van der Waals surface area contributed by atoms with Crippen molar-refractivity contribution in [3.8, 4) is 11.5 Å². The number of hydrazone groups is 1. The topological polar surface area (TPSA) is 94.1 Å². The van der Waals surface area contributed by atoms with Gasteiger partial charge in [-0.1, -0.05) is 29.8 Å². The van der Waals surface area contributed by atoms with Crippen LogP contribution in [0.25, 0.3) is 0 Å². The minimum Gasteiger partial charge on any atom is -0.496 e.